The number of nitrogens with two attached hydrogens (primary N) is 1. The van der Waals surface area contributed by atoms with Gasteiger partial charge in [-0.25, -0.2) is 0 Å². The second-order valence-corrected chi connectivity index (χ2v) is 5.42. The molecular weight excluding hydrogens is 212 g/mol. The van der Waals surface area contributed by atoms with Crippen molar-refractivity contribution in [1.29, 1.82) is 0 Å². The van der Waals surface area contributed by atoms with E-state index < -0.39 is 0 Å². The lowest BCUT2D eigenvalue weighted by molar-refractivity contribution is -0.116. The number of aryl methyl sites for hydroxylation is 1. The zero-order chi connectivity index (χ0) is 11.9. The molecule has 0 aromatic heterocycles. The molecule has 1 amide bonds. The van der Waals surface area contributed by atoms with Crippen LogP contribution in [-0.4, -0.2) is 12.5 Å². The summed E-state index contributed by atoms with van der Waals surface area (Å²) in [5.74, 6) is 0.130. The van der Waals surface area contributed by atoms with Gasteiger partial charge in [-0.1, -0.05) is 12.1 Å². The standard InChI is InChI=1S/C14H18N2O/c15-9-14(5-6-14)8-10-1-3-12-11(7-10)2-4-13(17)16-12/h1,3,7H,2,4-6,8-9,15H2,(H,16,17). The maximum Gasteiger partial charge on any atom is 0.224 e. The van der Waals surface area contributed by atoms with Crippen molar-refractivity contribution < 1.29 is 4.79 Å². The Morgan fingerprint density at radius 1 is 1.29 bits per heavy atom. The minimum absolute atomic E-state index is 0.130. The van der Waals surface area contributed by atoms with Crippen LogP contribution in [0.5, 0.6) is 0 Å². The first kappa shape index (κ1) is 10.8. The maximum atomic E-state index is 11.3. The number of anilines is 1. The summed E-state index contributed by atoms with van der Waals surface area (Å²) in [4.78, 5) is 11.3. The highest BCUT2D eigenvalue weighted by molar-refractivity contribution is 5.93. The highest BCUT2D eigenvalue weighted by Gasteiger charge is 2.40. The van der Waals surface area contributed by atoms with E-state index in [-0.39, 0.29) is 5.91 Å². The molecule has 90 valence electrons. The maximum absolute atomic E-state index is 11.3. The van der Waals surface area contributed by atoms with Gasteiger partial charge in [0.1, 0.15) is 0 Å². The Labute approximate surface area is 101 Å². The van der Waals surface area contributed by atoms with Gasteiger partial charge in [0.25, 0.3) is 0 Å². The second-order valence-electron chi connectivity index (χ2n) is 5.42. The average molecular weight is 230 g/mol. The fourth-order valence-corrected chi connectivity index (χ4v) is 2.61. The smallest absolute Gasteiger partial charge is 0.224 e. The highest BCUT2D eigenvalue weighted by atomic mass is 16.1. The average Bonchev–Trinajstić information content (AvgIpc) is 3.10. The zero-order valence-corrected chi connectivity index (χ0v) is 9.96. The first-order chi connectivity index (χ1) is 8.21. The van der Waals surface area contributed by atoms with Crippen LogP contribution in [-0.2, 0) is 17.6 Å². The molecule has 1 saturated carbocycles. The number of nitrogens with one attached hydrogen (secondary N) is 1. The molecular formula is C14H18N2O. The molecule has 3 heteroatoms. The van der Waals surface area contributed by atoms with Gasteiger partial charge in [-0.2, -0.15) is 0 Å². The highest BCUT2D eigenvalue weighted by Crippen LogP contribution is 2.47. The van der Waals surface area contributed by atoms with Crippen molar-refractivity contribution in [2.45, 2.75) is 32.1 Å². The van der Waals surface area contributed by atoms with Gasteiger partial charge in [0.2, 0.25) is 5.91 Å². The lowest BCUT2D eigenvalue weighted by Gasteiger charge is -2.19. The van der Waals surface area contributed by atoms with Crippen LogP contribution in [0.15, 0.2) is 18.2 Å². The Hall–Kier alpha value is -1.35. The van der Waals surface area contributed by atoms with Gasteiger partial charge in [-0.15, -0.1) is 0 Å². The van der Waals surface area contributed by atoms with Crippen LogP contribution in [0.2, 0.25) is 0 Å². The Balaban J connectivity index is 1.81. The Kier molecular flexibility index (Phi) is 2.44. The Bertz CT molecular complexity index is 463. The minimum atomic E-state index is 0.130. The molecule has 1 fully saturated rings. The summed E-state index contributed by atoms with van der Waals surface area (Å²) in [6.45, 7) is 0.792. The van der Waals surface area contributed by atoms with E-state index in [1.807, 2.05) is 6.07 Å². The molecule has 0 unspecified atom stereocenters. The van der Waals surface area contributed by atoms with Crippen molar-refractivity contribution in [2.75, 3.05) is 11.9 Å². The van der Waals surface area contributed by atoms with Crippen molar-refractivity contribution in [3.63, 3.8) is 0 Å². The summed E-state index contributed by atoms with van der Waals surface area (Å²) in [6.07, 6.45) is 5.09. The van der Waals surface area contributed by atoms with Crippen molar-refractivity contribution in [1.82, 2.24) is 0 Å². The minimum Gasteiger partial charge on any atom is -0.330 e. The van der Waals surface area contributed by atoms with Crippen molar-refractivity contribution in [2.24, 2.45) is 11.1 Å². The summed E-state index contributed by atoms with van der Waals surface area (Å²) in [6, 6.07) is 6.40. The molecule has 0 atom stereocenters. The van der Waals surface area contributed by atoms with Gasteiger partial charge < -0.3 is 11.1 Å². The van der Waals surface area contributed by atoms with Gasteiger partial charge >= 0.3 is 0 Å². The third kappa shape index (κ3) is 2.07. The van der Waals surface area contributed by atoms with Gasteiger partial charge in [-0.05, 0) is 54.8 Å². The molecule has 1 aromatic rings. The van der Waals surface area contributed by atoms with E-state index in [2.05, 4.69) is 17.4 Å². The van der Waals surface area contributed by atoms with Crippen LogP contribution in [0.25, 0.3) is 0 Å². The predicted molar refractivity (Wildman–Crippen MR) is 67.8 cm³/mol. The molecule has 17 heavy (non-hydrogen) atoms. The van der Waals surface area contributed by atoms with Crippen LogP contribution in [0.4, 0.5) is 5.69 Å². The van der Waals surface area contributed by atoms with E-state index in [0.29, 0.717) is 11.8 Å². The van der Waals surface area contributed by atoms with Crippen LogP contribution in [0, 0.1) is 5.41 Å². The number of carbonyl (C=O) groups is 1. The Morgan fingerprint density at radius 3 is 2.82 bits per heavy atom. The lowest BCUT2D eigenvalue weighted by Crippen LogP contribution is -2.20. The number of carbonyl (C=O) groups excluding carboxylic acids is 1. The van der Waals surface area contributed by atoms with E-state index >= 15 is 0 Å². The van der Waals surface area contributed by atoms with E-state index in [1.54, 1.807) is 0 Å². The molecule has 0 radical (unpaired) electrons. The van der Waals surface area contributed by atoms with Gasteiger partial charge in [0, 0.05) is 12.1 Å². The zero-order valence-electron chi connectivity index (χ0n) is 9.96. The van der Waals surface area contributed by atoms with Crippen LogP contribution < -0.4 is 11.1 Å². The van der Waals surface area contributed by atoms with Crippen LogP contribution >= 0.6 is 0 Å². The number of hydrogen-bond acceptors (Lipinski definition) is 2. The van der Waals surface area contributed by atoms with Crippen LogP contribution in [0.3, 0.4) is 0 Å². The van der Waals surface area contributed by atoms with Crippen LogP contribution in [0.1, 0.15) is 30.4 Å². The van der Waals surface area contributed by atoms with E-state index in [4.69, 9.17) is 5.73 Å². The molecule has 0 saturated heterocycles. The summed E-state index contributed by atoms with van der Waals surface area (Å²) in [7, 11) is 0. The van der Waals surface area contributed by atoms with Crippen molar-refractivity contribution >= 4 is 11.6 Å². The first-order valence-electron chi connectivity index (χ1n) is 6.33. The lowest BCUT2D eigenvalue weighted by atomic mass is 9.93. The summed E-state index contributed by atoms with van der Waals surface area (Å²) in [5, 5.41) is 2.92. The van der Waals surface area contributed by atoms with Crippen molar-refractivity contribution in [3.05, 3.63) is 29.3 Å². The third-order valence-corrected chi connectivity index (χ3v) is 4.03. The molecule has 2 aliphatic rings. The third-order valence-electron chi connectivity index (χ3n) is 4.03. The number of hydrogen-bond donors (Lipinski definition) is 2. The number of rotatable bonds is 3. The molecule has 3 N–H and O–H groups in total. The SMILES string of the molecule is NCC1(Cc2ccc3c(c2)CCC(=O)N3)CC1. The molecule has 1 aliphatic carbocycles. The molecule has 3 nitrogen and oxygen atoms in total. The number of fused-ring (bicyclic) bond motifs is 1. The molecule has 0 spiro atoms. The summed E-state index contributed by atoms with van der Waals surface area (Å²) < 4.78 is 0. The largest absolute Gasteiger partial charge is 0.330 e. The second kappa shape index (κ2) is 3.84. The molecule has 0 bridgehead atoms. The normalized spacial score (nSPS) is 20.6. The van der Waals surface area contributed by atoms with Crippen molar-refractivity contribution in [3.8, 4) is 0 Å². The molecule has 1 aliphatic heterocycles. The fourth-order valence-electron chi connectivity index (χ4n) is 2.61. The van der Waals surface area contributed by atoms with Gasteiger partial charge in [-0.3, -0.25) is 4.79 Å². The predicted octanol–water partition coefficient (Wildman–Crippen LogP) is 1.85. The quantitative estimate of drug-likeness (QED) is 0.832. The summed E-state index contributed by atoms with van der Waals surface area (Å²) in [5.41, 5.74) is 9.82. The Morgan fingerprint density at radius 2 is 2.12 bits per heavy atom. The first-order valence-corrected chi connectivity index (χ1v) is 6.33. The van der Waals surface area contributed by atoms with E-state index in [0.717, 1.165) is 25.1 Å². The number of benzene rings is 1. The monoisotopic (exact) mass is 230 g/mol. The molecule has 3 rings (SSSR count). The van der Waals surface area contributed by atoms with Gasteiger partial charge in [0.15, 0.2) is 0 Å². The summed E-state index contributed by atoms with van der Waals surface area (Å²) >= 11 is 0. The van der Waals surface area contributed by atoms with Gasteiger partial charge in [0.05, 0.1) is 0 Å². The van der Waals surface area contributed by atoms with E-state index in [9.17, 15) is 4.79 Å². The van der Waals surface area contributed by atoms with E-state index in [1.165, 1.54) is 24.0 Å². The molecule has 1 aromatic carbocycles. The molecule has 1 heterocycles. The topological polar surface area (TPSA) is 55.1 Å². The fraction of sp³-hybridized carbons (Fsp3) is 0.500. The number of amides is 1.